The molecule has 0 radical (unpaired) electrons. The summed E-state index contributed by atoms with van der Waals surface area (Å²) in [6.45, 7) is 0.949. The van der Waals surface area contributed by atoms with Crippen molar-refractivity contribution < 1.29 is 25.5 Å². The SMILES string of the molecule is C[C@@]1(O)[C@H](O)[C@@H](O)[C@@H](CO)C[C@@H]1O. The number of rotatable bonds is 1. The zero-order valence-electron chi connectivity index (χ0n) is 7.46. The first-order chi connectivity index (χ1) is 5.91. The fourth-order valence-electron chi connectivity index (χ4n) is 1.65. The third-order valence-corrected chi connectivity index (χ3v) is 2.84. The first-order valence-corrected chi connectivity index (χ1v) is 4.28. The minimum atomic E-state index is -1.70. The van der Waals surface area contributed by atoms with E-state index in [9.17, 15) is 20.4 Å². The zero-order valence-corrected chi connectivity index (χ0v) is 7.46. The van der Waals surface area contributed by atoms with Crippen LogP contribution >= 0.6 is 0 Å². The Balaban J connectivity index is 2.79. The molecule has 5 N–H and O–H groups in total. The van der Waals surface area contributed by atoms with Crippen molar-refractivity contribution in [3.63, 3.8) is 0 Å². The summed E-state index contributed by atoms with van der Waals surface area (Å²) in [5.41, 5.74) is -1.70. The minimum Gasteiger partial charge on any atom is -0.396 e. The van der Waals surface area contributed by atoms with E-state index in [1.54, 1.807) is 0 Å². The maximum Gasteiger partial charge on any atom is 0.116 e. The Hall–Kier alpha value is -0.200. The second-order valence-corrected chi connectivity index (χ2v) is 3.86. The van der Waals surface area contributed by atoms with E-state index in [0.29, 0.717) is 0 Å². The van der Waals surface area contributed by atoms with E-state index in [1.807, 2.05) is 0 Å². The van der Waals surface area contributed by atoms with Crippen molar-refractivity contribution in [3.8, 4) is 0 Å². The number of aliphatic hydroxyl groups is 5. The first-order valence-electron chi connectivity index (χ1n) is 4.28. The summed E-state index contributed by atoms with van der Waals surface area (Å²) in [5, 5.41) is 46.6. The molecule has 1 aliphatic carbocycles. The summed E-state index contributed by atoms with van der Waals surface area (Å²) < 4.78 is 0. The lowest BCUT2D eigenvalue weighted by Crippen LogP contribution is -2.61. The van der Waals surface area contributed by atoms with Gasteiger partial charge in [0.1, 0.15) is 11.7 Å². The maximum absolute atomic E-state index is 9.55. The molecule has 0 spiro atoms. The Kier molecular flexibility index (Phi) is 2.94. The molecule has 0 saturated heterocycles. The van der Waals surface area contributed by atoms with E-state index in [2.05, 4.69) is 0 Å². The van der Waals surface area contributed by atoms with Crippen LogP contribution in [0.1, 0.15) is 13.3 Å². The van der Waals surface area contributed by atoms with Crippen LogP contribution in [0.5, 0.6) is 0 Å². The molecule has 0 aromatic carbocycles. The highest BCUT2D eigenvalue weighted by Gasteiger charge is 2.49. The molecule has 1 rings (SSSR count). The van der Waals surface area contributed by atoms with Crippen LogP contribution in [0.15, 0.2) is 0 Å². The summed E-state index contributed by atoms with van der Waals surface area (Å²) in [7, 11) is 0. The Morgan fingerprint density at radius 3 is 2.31 bits per heavy atom. The van der Waals surface area contributed by atoms with Gasteiger partial charge in [0.15, 0.2) is 0 Å². The van der Waals surface area contributed by atoms with Crippen LogP contribution < -0.4 is 0 Å². The molecule has 5 nitrogen and oxygen atoms in total. The van der Waals surface area contributed by atoms with E-state index in [0.717, 1.165) is 0 Å². The molecule has 0 aromatic rings. The number of aliphatic hydroxyl groups excluding tert-OH is 4. The lowest BCUT2D eigenvalue weighted by molar-refractivity contribution is -0.213. The Labute approximate surface area is 76.3 Å². The lowest BCUT2D eigenvalue weighted by atomic mass is 9.74. The van der Waals surface area contributed by atoms with Gasteiger partial charge in [0.2, 0.25) is 0 Å². The van der Waals surface area contributed by atoms with E-state index >= 15 is 0 Å². The highest BCUT2D eigenvalue weighted by Crippen LogP contribution is 2.32. The Morgan fingerprint density at radius 2 is 1.85 bits per heavy atom. The van der Waals surface area contributed by atoms with Crippen LogP contribution in [0.25, 0.3) is 0 Å². The molecule has 5 atom stereocenters. The Bertz CT molecular complexity index is 181. The highest BCUT2D eigenvalue weighted by atomic mass is 16.4. The normalized spacial score (nSPS) is 52.2. The lowest BCUT2D eigenvalue weighted by Gasteiger charge is -2.44. The summed E-state index contributed by atoms with van der Waals surface area (Å²) in [5.74, 6) is -0.578. The van der Waals surface area contributed by atoms with E-state index in [1.165, 1.54) is 6.92 Å². The average molecular weight is 192 g/mol. The van der Waals surface area contributed by atoms with Gasteiger partial charge in [-0.05, 0) is 13.3 Å². The summed E-state index contributed by atoms with van der Waals surface area (Å²) >= 11 is 0. The van der Waals surface area contributed by atoms with Crippen molar-refractivity contribution >= 4 is 0 Å². The molecule has 0 amide bonds. The van der Waals surface area contributed by atoms with Gasteiger partial charge in [0, 0.05) is 12.5 Å². The number of hydrogen-bond acceptors (Lipinski definition) is 5. The van der Waals surface area contributed by atoms with Gasteiger partial charge >= 0.3 is 0 Å². The van der Waals surface area contributed by atoms with E-state index in [-0.39, 0.29) is 13.0 Å². The van der Waals surface area contributed by atoms with Crippen molar-refractivity contribution in [1.82, 2.24) is 0 Å². The molecular formula is C8H16O5. The third-order valence-electron chi connectivity index (χ3n) is 2.84. The highest BCUT2D eigenvalue weighted by molar-refractivity contribution is 5.00. The van der Waals surface area contributed by atoms with Crippen molar-refractivity contribution in [3.05, 3.63) is 0 Å². The molecule has 0 aromatic heterocycles. The molecule has 0 heterocycles. The van der Waals surface area contributed by atoms with E-state index < -0.39 is 29.8 Å². The van der Waals surface area contributed by atoms with Crippen LogP contribution in [-0.2, 0) is 0 Å². The van der Waals surface area contributed by atoms with Crippen molar-refractivity contribution in [2.45, 2.75) is 37.3 Å². The molecule has 78 valence electrons. The predicted octanol–water partition coefficient (Wildman–Crippen LogP) is -2.17. The smallest absolute Gasteiger partial charge is 0.116 e. The quantitative estimate of drug-likeness (QED) is 0.325. The fourth-order valence-corrected chi connectivity index (χ4v) is 1.65. The average Bonchev–Trinajstić information content (AvgIpc) is 2.09. The molecule has 5 heteroatoms. The molecule has 1 fully saturated rings. The third kappa shape index (κ3) is 1.70. The van der Waals surface area contributed by atoms with Crippen molar-refractivity contribution in [2.24, 2.45) is 5.92 Å². The zero-order chi connectivity index (χ0) is 10.2. The van der Waals surface area contributed by atoms with Gasteiger partial charge < -0.3 is 25.5 Å². The fraction of sp³-hybridized carbons (Fsp3) is 1.00. The van der Waals surface area contributed by atoms with Crippen molar-refractivity contribution in [1.29, 1.82) is 0 Å². The summed E-state index contributed by atoms with van der Waals surface area (Å²) in [4.78, 5) is 0. The van der Waals surface area contributed by atoms with Gasteiger partial charge in [-0.1, -0.05) is 0 Å². The molecule has 1 saturated carbocycles. The van der Waals surface area contributed by atoms with Gasteiger partial charge in [-0.3, -0.25) is 0 Å². The first kappa shape index (κ1) is 10.9. The van der Waals surface area contributed by atoms with Crippen LogP contribution in [0, 0.1) is 5.92 Å². The topological polar surface area (TPSA) is 101 Å². The molecule has 0 bridgehead atoms. The number of hydrogen-bond donors (Lipinski definition) is 5. The molecule has 0 aliphatic heterocycles. The minimum absolute atomic E-state index is 0.0850. The van der Waals surface area contributed by atoms with Crippen LogP contribution in [0.3, 0.4) is 0 Å². The molecule has 13 heavy (non-hydrogen) atoms. The van der Waals surface area contributed by atoms with Crippen molar-refractivity contribution in [2.75, 3.05) is 6.61 Å². The molecular weight excluding hydrogens is 176 g/mol. The molecule has 0 unspecified atom stereocenters. The van der Waals surface area contributed by atoms with Gasteiger partial charge in [-0.2, -0.15) is 0 Å². The predicted molar refractivity (Wildman–Crippen MR) is 43.8 cm³/mol. The Morgan fingerprint density at radius 1 is 1.31 bits per heavy atom. The largest absolute Gasteiger partial charge is 0.396 e. The standard InChI is InChI=1S/C8H16O5/c1-8(13)5(10)2-4(3-9)6(11)7(8)12/h4-7,9-13H,2-3H2,1H3/t4-,5+,6+,7-,8+/m1/s1. The van der Waals surface area contributed by atoms with E-state index in [4.69, 9.17) is 5.11 Å². The summed E-state index contributed by atoms with van der Waals surface area (Å²) in [6.07, 6.45) is -3.65. The van der Waals surface area contributed by atoms with Gasteiger partial charge in [0.25, 0.3) is 0 Å². The molecule has 1 aliphatic rings. The maximum atomic E-state index is 9.55. The monoisotopic (exact) mass is 192 g/mol. The van der Waals surface area contributed by atoms with Gasteiger partial charge in [-0.25, -0.2) is 0 Å². The van der Waals surface area contributed by atoms with Gasteiger partial charge in [0.05, 0.1) is 12.2 Å². The van der Waals surface area contributed by atoms with Crippen LogP contribution in [0.2, 0.25) is 0 Å². The summed E-state index contributed by atoms with van der Waals surface area (Å²) in [6, 6.07) is 0. The van der Waals surface area contributed by atoms with Crippen LogP contribution in [-0.4, -0.2) is 56.1 Å². The second-order valence-electron chi connectivity index (χ2n) is 3.86. The van der Waals surface area contributed by atoms with Crippen LogP contribution in [0.4, 0.5) is 0 Å². The van der Waals surface area contributed by atoms with Gasteiger partial charge in [-0.15, -0.1) is 0 Å². The second kappa shape index (κ2) is 3.51.